The third-order valence-corrected chi connectivity index (χ3v) is 7.30. The van der Waals surface area contributed by atoms with Crippen molar-refractivity contribution in [1.82, 2.24) is 4.98 Å². The summed E-state index contributed by atoms with van der Waals surface area (Å²) in [5.74, 6) is 2.05. The van der Waals surface area contributed by atoms with E-state index in [0.717, 1.165) is 46.2 Å². The molecule has 0 saturated carbocycles. The molecule has 4 nitrogen and oxygen atoms in total. The van der Waals surface area contributed by atoms with E-state index in [1.807, 2.05) is 30.5 Å². The summed E-state index contributed by atoms with van der Waals surface area (Å²) < 4.78 is 6.47. The quantitative estimate of drug-likeness (QED) is 0.568. The highest BCUT2D eigenvalue weighted by molar-refractivity contribution is 5.83. The molecule has 2 aromatic rings. The molecule has 0 radical (unpaired) electrons. The van der Waals surface area contributed by atoms with E-state index in [0.29, 0.717) is 11.8 Å². The summed E-state index contributed by atoms with van der Waals surface area (Å²) in [4.78, 5) is 4.50. The molecule has 0 amide bonds. The Hall–Kier alpha value is -1.91. The van der Waals surface area contributed by atoms with Crippen molar-refractivity contribution in [3.8, 4) is 5.75 Å². The largest absolute Gasteiger partial charge is 0.497 e. The van der Waals surface area contributed by atoms with Crippen molar-refractivity contribution in [3.63, 3.8) is 0 Å². The van der Waals surface area contributed by atoms with Gasteiger partial charge in [-0.05, 0) is 42.2 Å². The van der Waals surface area contributed by atoms with Gasteiger partial charge < -0.3 is 14.3 Å². The maximum absolute atomic E-state index is 11.6. The lowest BCUT2D eigenvalue weighted by atomic mass is 9.71. The number of unbranched alkanes of at least 4 members (excludes halogenated alkanes) is 1. The Morgan fingerprint density at radius 3 is 3.00 bits per heavy atom. The van der Waals surface area contributed by atoms with Crippen molar-refractivity contribution in [2.75, 3.05) is 26.7 Å². The van der Waals surface area contributed by atoms with Crippen LogP contribution in [0.3, 0.4) is 0 Å². The van der Waals surface area contributed by atoms with Crippen LogP contribution >= 0.6 is 0 Å². The predicted octanol–water partition coefficient (Wildman–Crippen LogP) is 4.49. The second kappa shape index (κ2) is 7.84. The number of hydrogen-bond donors (Lipinski definition) is 1. The highest BCUT2D eigenvalue weighted by atomic mass is 16.5. The number of aromatic nitrogens is 1. The van der Waals surface area contributed by atoms with Crippen molar-refractivity contribution in [2.45, 2.75) is 44.8 Å². The second-order valence-corrected chi connectivity index (χ2v) is 8.68. The SMILES string of the molecule is C=CC1C[N+]2(CCCC)CCC1C[C@H]2[C@@H](O)c1ccnc2ccc(OC)cc12. The number of piperidine rings is 3. The summed E-state index contributed by atoms with van der Waals surface area (Å²) in [7, 11) is 1.68. The first-order valence-electron chi connectivity index (χ1n) is 10.7. The van der Waals surface area contributed by atoms with Crippen LogP contribution in [0.1, 0.15) is 44.3 Å². The molecule has 150 valence electrons. The van der Waals surface area contributed by atoms with Crippen molar-refractivity contribution >= 4 is 10.9 Å². The number of pyridine rings is 1. The number of aliphatic hydroxyl groups excluding tert-OH is 1. The molecule has 1 aromatic heterocycles. The van der Waals surface area contributed by atoms with Crippen molar-refractivity contribution in [2.24, 2.45) is 11.8 Å². The smallest absolute Gasteiger partial charge is 0.131 e. The van der Waals surface area contributed by atoms with E-state index < -0.39 is 6.10 Å². The minimum atomic E-state index is -0.483. The molecule has 28 heavy (non-hydrogen) atoms. The fraction of sp³-hybridized carbons (Fsp3) is 0.542. The fourth-order valence-electron chi connectivity index (χ4n) is 5.70. The van der Waals surface area contributed by atoms with Gasteiger partial charge in [0.1, 0.15) is 17.9 Å². The van der Waals surface area contributed by atoms with Gasteiger partial charge in [-0.25, -0.2) is 0 Å². The first-order chi connectivity index (χ1) is 13.6. The Bertz CT molecular complexity index is 852. The molecule has 3 saturated heterocycles. The van der Waals surface area contributed by atoms with Gasteiger partial charge in [0.15, 0.2) is 0 Å². The van der Waals surface area contributed by atoms with Gasteiger partial charge in [0.25, 0.3) is 0 Å². The van der Waals surface area contributed by atoms with E-state index in [4.69, 9.17) is 4.74 Å². The Kier molecular flexibility index (Phi) is 5.44. The predicted molar refractivity (Wildman–Crippen MR) is 113 cm³/mol. The monoisotopic (exact) mass is 381 g/mol. The summed E-state index contributed by atoms with van der Waals surface area (Å²) in [6.07, 6.45) is 8.25. The van der Waals surface area contributed by atoms with Crippen LogP contribution in [0.25, 0.3) is 10.9 Å². The molecule has 1 aromatic carbocycles. The molecule has 0 aliphatic carbocycles. The van der Waals surface area contributed by atoms with Gasteiger partial charge in [-0.1, -0.05) is 19.4 Å². The Balaban J connectivity index is 1.73. The first kappa shape index (κ1) is 19.4. The van der Waals surface area contributed by atoms with Gasteiger partial charge in [0, 0.05) is 30.3 Å². The number of fused-ring (bicyclic) bond motifs is 4. The van der Waals surface area contributed by atoms with Crippen molar-refractivity contribution in [1.29, 1.82) is 0 Å². The van der Waals surface area contributed by atoms with Crippen LogP contribution < -0.4 is 4.74 Å². The molecule has 5 atom stereocenters. The lowest BCUT2D eigenvalue weighted by Crippen LogP contribution is -2.68. The Morgan fingerprint density at radius 1 is 1.39 bits per heavy atom. The van der Waals surface area contributed by atoms with Gasteiger partial charge in [-0.3, -0.25) is 4.98 Å². The maximum Gasteiger partial charge on any atom is 0.131 e. The molecular weight excluding hydrogens is 348 g/mol. The van der Waals surface area contributed by atoms with Crippen LogP contribution in [0.2, 0.25) is 0 Å². The molecular formula is C24H33N2O2+. The molecule has 3 fully saturated rings. The highest BCUT2D eigenvalue weighted by Gasteiger charge is 2.53. The van der Waals surface area contributed by atoms with Crippen LogP contribution in [0.4, 0.5) is 0 Å². The van der Waals surface area contributed by atoms with Crippen molar-refractivity contribution < 1.29 is 14.3 Å². The Morgan fingerprint density at radius 2 is 2.25 bits per heavy atom. The minimum absolute atomic E-state index is 0.248. The van der Waals surface area contributed by atoms with Gasteiger partial charge in [-0.15, -0.1) is 6.58 Å². The van der Waals surface area contributed by atoms with Crippen LogP contribution in [-0.4, -0.2) is 47.4 Å². The highest BCUT2D eigenvalue weighted by Crippen LogP contribution is 2.47. The van der Waals surface area contributed by atoms with E-state index in [9.17, 15) is 5.11 Å². The van der Waals surface area contributed by atoms with Crippen molar-refractivity contribution in [3.05, 3.63) is 48.7 Å². The average Bonchev–Trinajstić information content (AvgIpc) is 2.76. The number of methoxy groups -OCH3 is 1. The maximum atomic E-state index is 11.6. The molecule has 4 heterocycles. The normalized spacial score (nSPS) is 30.3. The molecule has 4 heteroatoms. The van der Waals surface area contributed by atoms with Gasteiger partial charge in [0.05, 0.1) is 32.3 Å². The van der Waals surface area contributed by atoms with Crippen LogP contribution in [0.15, 0.2) is 43.1 Å². The average molecular weight is 382 g/mol. The minimum Gasteiger partial charge on any atom is -0.497 e. The van der Waals surface area contributed by atoms with E-state index in [2.05, 4.69) is 24.6 Å². The van der Waals surface area contributed by atoms with Gasteiger partial charge >= 0.3 is 0 Å². The fourth-order valence-corrected chi connectivity index (χ4v) is 5.70. The zero-order chi connectivity index (χ0) is 19.7. The number of aliphatic hydroxyl groups is 1. The zero-order valence-corrected chi connectivity index (χ0v) is 17.2. The summed E-state index contributed by atoms with van der Waals surface area (Å²) in [5, 5.41) is 12.6. The lowest BCUT2D eigenvalue weighted by Gasteiger charge is -2.58. The molecule has 0 spiro atoms. The standard InChI is InChI=1S/C24H33N2O2/c1-4-6-12-26-13-10-18(17(5-2)16-26)14-23(26)24(27)20-9-11-25-22-8-7-19(28-3)15-21(20)22/h5,7-9,11,15,17-18,23-24,27H,2,4,6,10,12-14,16H2,1,3H3/q+1/t17?,18?,23-,24-,26?/m0/s1. The molecule has 3 aliphatic rings. The molecule has 5 rings (SSSR count). The van der Waals surface area contributed by atoms with E-state index in [1.165, 1.54) is 25.8 Å². The number of ether oxygens (including phenoxy) is 1. The number of benzene rings is 1. The number of nitrogens with zero attached hydrogens (tertiary/aromatic N) is 2. The summed E-state index contributed by atoms with van der Waals surface area (Å²) in [6.45, 7) is 9.83. The van der Waals surface area contributed by atoms with Gasteiger partial charge in [0.2, 0.25) is 0 Å². The summed E-state index contributed by atoms with van der Waals surface area (Å²) in [6, 6.07) is 8.17. The molecule has 3 aliphatic heterocycles. The van der Waals surface area contributed by atoms with E-state index in [1.54, 1.807) is 7.11 Å². The van der Waals surface area contributed by atoms with E-state index in [-0.39, 0.29) is 6.04 Å². The molecule has 1 N–H and O–H groups in total. The molecule has 2 bridgehead atoms. The Labute approximate surface area is 168 Å². The summed E-state index contributed by atoms with van der Waals surface area (Å²) >= 11 is 0. The van der Waals surface area contributed by atoms with Crippen LogP contribution in [0, 0.1) is 11.8 Å². The second-order valence-electron chi connectivity index (χ2n) is 8.68. The summed E-state index contributed by atoms with van der Waals surface area (Å²) in [5.41, 5.74) is 1.91. The number of quaternary nitrogens is 1. The third kappa shape index (κ3) is 3.23. The zero-order valence-electron chi connectivity index (χ0n) is 17.2. The van der Waals surface area contributed by atoms with Gasteiger partial charge in [-0.2, -0.15) is 0 Å². The molecule has 3 unspecified atom stereocenters. The first-order valence-corrected chi connectivity index (χ1v) is 10.7. The van der Waals surface area contributed by atoms with E-state index >= 15 is 0 Å². The van der Waals surface area contributed by atoms with Crippen LogP contribution in [0.5, 0.6) is 5.75 Å². The van der Waals surface area contributed by atoms with Crippen LogP contribution in [-0.2, 0) is 0 Å². The number of rotatable bonds is 7. The number of hydrogen-bond acceptors (Lipinski definition) is 3. The topological polar surface area (TPSA) is 42.4 Å². The lowest BCUT2D eigenvalue weighted by molar-refractivity contribution is -0.973. The third-order valence-electron chi connectivity index (χ3n) is 7.30.